The summed E-state index contributed by atoms with van der Waals surface area (Å²) in [5.74, 6) is 0.634. The number of para-hydroxylation sites is 1. The van der Waals surface area contributed by atoms with Gasteiger partial charge in [-0.2, -0.15) is 0 Å². The summed E-state index contributed by atoms with van der Waals surface area (Å²) in [7, 11) is 1.59. The number of hydrogen-bond acceptors (Lipinski definition) is 6. The van der Waals surface area contributed by atoms with E-state index < -0.39 is 5.97 Å². The number of methoxy groups -OCH3 is 1. The van der Waals surface area contributed by atoms with Crippen molar-refractivity contribution in [2.75, 3.05) is 20.3 Å². The van der Waals surface area contributed by atoms with E-state index in [9.17, 15) is 9.59 Å². The fourth-order valence-corrected chi connectivity index (χ4v) is 2.82. The summed E-state index contributed by atoms with van der Waals surface area (Å²) in [4.78, 5) is 28.5. The number of fused-ring (bicyclic) bond motifs is 1. The molecule has 0 saturated heterocycles. The summed E-state index contributed by atoms with van der Waals surface area (Å²) in [6, 6.07) is 14.2. The smallest absolute Gasteiger partial charge is 0.340 e. The van der Waals surface area contributed by atoms with Gasteiger partial charge < -0.3 is 14.2 Å². The lowest BCUT2D eigenvalue weighted by molar-refractivity contribution is 0.0448. The Morgan fingerprint density at radius 3 is 2.54 bits per heavy atom. The van der Waals surface area contributed by atoms with Crippen LogP contribution in [0.25, 0.3) is 10.9 Å². The van der Waals surface area contributed by atoms with E-state index in [4.69, 9.17) is 14.2 Å². The molecule has 0 aliphatic rings. The van der Waals surface area contributed by atoms with E-state index in [1.54, 1.807) is 44.4 Å². The van der Waals surface area contributed by atoms with Crippen LogP contribution in [0.1, 0.15) is 33.3 Å². The molecule has 6 nitrogen and oxygen atoms in total. The van der Waals surface area contributed by atoms with Gasteiger partial charge in [-0.05, 0) is 44.2 Å². The number of esters is 1. The summed E-state index contributed by atoms with van der Waals surface area (Å²) < 4.78 is 16.1. The molecule has 0 fully saturated rings. The molecule has 1 aromatic heterocycles. The number of hydrogen-bond donors (Lipinski definition) is 0. The van der Waals surface area contributed by atoms with Crippen molar-refractivity contribution in [3.05, 3.63) is 65.4 Å². The number of Topliss-reactive ketones (excluding diaryl/α,β-unsaturated/α-hetero) is 1. The van der Waals surface area contributed by atoms with Gasteiger partial charge in [0.15, 0.2) is 5.78 Å². The van der Waals surface area contributed by atoms with Gasteiger partial charge in [0.25, 0.3) is 0 Å². The minimum Gasteiger partial charge on any atom is -0.497 e. The van der Waals surface area contributed by atoms with Crippen LogP contribution in [0, 0.1) is 6.92 Å². The number of pyridine rings is 1. The number of carbonyl (C=O) groups excluding carboxylic acids is 2. The largest absolute Gasteiger partial charge is 0.497 e. The molecule has 0 aliphatic heterocycles. The standard InChI is InChI=1S/C22H21NO5/c1-14-19(12-16-8-9-17(26-3)13-20(16)23-14)22(25)28-11-10-27-21-7-5-4-6-18(21)15(2)24/h4-9,12-13H,10-11H2,1-3H3. The number of ketones is 1. The molecule has 1 heterocycles. The first-order valence-electron chi connectivity index (χ1n) is 8.85. The maximum absolute atomic E-state index is 12.4. The third-order valence-electron chi connectivity index (χ3n) is 4.28. The number of benzene rings is 2. The van der Waals surface area contributed by atoms with Gasteiger partial charge in [-0.15, -0.1) is 0 Å². The van der Waals surface area contributed by atoms with Crippen LogP contribution in [-0.4, -0.2) is 37.1 Å². The number of aryl methyl sites for hydroxylation is 1. The average Bonchev–Trinajstić information content (AvgIpc) is 2.70. The third kappa shape index (κ3) is 4.28. The zero-order valence-corrected chi connectivity index (χ0v) is 16.0. The van der Waals surface area contributed by atoms with E-state index in [0.29, 0.717) is 28.3 Å². The molecule has 0 atom stereocenters. The highest BCUT2D eigenvalue weighted by Crippen LogP contribution is 2.22. The average molecular weight is 379 g/mol. The van der Waals surface area contributed by atoms with E-state index in [-0.39, 0.29) is 19.0 Å². The Morgan fingerprint density at radius 1 is 1.00 bits per heavy atom. The molecule has 144 valence electrons. The number of carbonyl (C=O) groups is 2. The predicted molar refractivity (Wildman–Crippen MR) is 105 cm³/mol. The van der Waals surface area contributed by atoms with Gasteiger partial charge in [0, 0.05) is 11.5 Å². The Balaban J connectivity index is 1.64. The van der Waals surface area contributed by atoms with Crippen molar-refractivity contribution in [1.82, 2.24) is 4.98 Å². The summed E-state index contributed by atoms with van der Waals surface area (Å²) in [5, 5.41) is 0.824. The molecule has 6 heteroatoms. The van der Waals surface area contributed by atoms with E-state index in [2.05, 4.69) is 4.98 Å². The summed E-state index contributed by atoms with van der Waals surface area (Å²) >= 11 is 0. The second-order valence-electron chi connectivity index (χ2n) is 6.22. The van der Waals surface area contributed by atoms with Gasteiger partial charge in [0.05, 0.1) is 29.4 Å². The third-order valence-corrected chi connectivity index (χ3v) is 4.28. The Hall–Kier alpha value is -3.41. The van der Waals surface area contributed by atoms with Crippen molar-refractivity contribution in [3.63, 3.8) is 0 Å². The van der Waals surface area contributed by atoms with Crippen molar-refractivity contribution in [2.45, 2.75) is 13.8 Å². The topological polar surface area (TPSA) is 74.7 Å². The van der Waals surface area contributed by atoms with Crippen molar-refractivity contribution in [1.29, 1.82) is 0 Å². The highest BCUT2D eigenvalue weighted by Gasteiger charge is 2.14. The minimum absolute atomic E-state index is 0.0607. The van der Waals surface area contributed by atoms with Crippen LogP contribution in [0.5, 0.6) is 11.5 Å². The molecule has 0 aliphatic carbocycles. The fourth-order valence-electron chi connectivity index (χ4n) is 2.82. The summed E-state index contributed by atoms with van der Waals surface area (Å²) in [6.45, 7) is 3.45. The van der Waals surface area contributed by atoms with E-state index in [1.165, 1.54) is 6.92 Å². The van der Waals surface area contributed by atoms with Crippen LogP contribution in [0.4, 0.5) is 0 Å². The number of aromatic nitrogens is 1. The van der Waals surface area contributed by atoms with Crippen LogP contribution >= 0.6 is 0 Å². The lowest BCUT2D eigenvalue weighted by Crippen LogP contribution is -2.14. The maximum Gasteiger partial charge on any atom is 0.340 e. The Labute approximate surface area is 163 Å². The number of rotatable bonds is 7. The second-order valence-corrected chi connectivity index (χ2v) is 6.22. The van der Waals surface area contributed by atoms with Crippen molar-refractivity contribution in [3.8, 4) is 11.5 Å². The molecule has 0 spiro atoms. The Kier molecular flexibility index (Phi) is 5.89. The fraction of sp³-hybridized carbons (Fsp3) is 0.227. The van der Waals surface area contributed by atoms with E-state index in [0.717, 1.165) is 10.9 Å². The van der Waals surface area contributed by atoms with Crippen LogP contribution in [0.2, 0.25) is 0 Å². The highest BCUT2D eigenvalue weighted by molar-refractivity contribution is 5.97. The van der Waals surface area contributed by atoms with E-state index in [1.807, 2.05) is 18.2 Å². The van der Waals surface area contributed by atoms with Crippen molar-refractivity contribution in [2.24, 2.45) is 0 Å². The molecule has 28 heavy (non-hydrogen) atoms. The normalized spacial score (nSPS) is 10.5. The van der Waals surface area contributed by atoms with E-state index >= 15 is 0 Å². The first-order chi connectivity index (χ1) is 13.5. The van der Waals surface area contributed by atoms with Crippen LogP contribution in [-0.2, 0) is 4.74 Å². The quantitative estimate of drug-likeness (QED) is 0.351. The van der Waals surface area contributed by atoms with Gasteiger partial charge >= 0.3 is 5.97 Å². The van der Waals surface area contributed by atoms with Crippen LogP contribution < -0.4 is 9.47 Å². The van der Waals surface area contributed by atoms with Gasteiger partial charge in [-0.25, -0.2) is 4.79 Å². The van der Waals surface area contributed by atoms with Gasteiger partial charge in [0.2, 0.25) is 0 Å². The molecule has 0 amide bonds. The predicted octanol–water partition coefficient (Wildman–Crippen LogP) is 3.99. The zero-order chi connectivity index (χ0) is 20.1. The lowest BCUT2D eigenvalue weighted by Gasteiger charge is -2.11. The molecule has 3 aromatic rings. The molecule has 0 radical (unpaired) electrons. The van der Waals surface area contributed by atoms with Gasteiger partial charge in [-0.1, -0.05) is 12.1 Å². The first kappa shape index (κ1) is 19.4. The minimum atomic E-state index is -0.467. The number of nitrogens with zero attached hydrogens (tertiary/aromatic N) is 1. The molecule has 3 rings (SSSR count). The summed E-state index contributed by atoms with van der Waals surface area (Å²) in [6.07, 6.45) is 0. The summed E-state index contributed by atoms with van der Waals surface area (Å²) in [5.41, 5.74) is 2.23. The van der Waals surface area contributed by atoms with Gasteiger partial charge in [-0.3, -0.25) is 9.78 Å². The maximum atomic E-state index is 12.4. The molecular weight excluding hydrogens is 358 g/mol. The molecular formula is C22H21NO5. The van der Waals surface area contributed by atoms with Crippen molar-refractivity contribution >= 4 is 22.7 Å². The molecule has 0 unspecified atom stereocenters. The zero-order valence-electron chi connectivity index (χ0n) is 16.0. The highest BCUT2D eigenvalue weighted by atomic mass is 16.6. The second kappa shape index (κ2) is 8.52. The molecule has 0 bridgehead atoms. The van der Waals surface area contributed by atoms with Gasteiger partial charge in [0.1, 0.15) is 24.7 Å². The van der Waals surface area contributed by atoms with Crippen LogP contribution in [0.15, 0.2) is 48.5 Å². The number of ether oxygens (including phenoxy) is 3. The molecule has 0 saturated carbocycles. The monoisotopic (exact) mass is 379 g/mol. The molecule has 0 N–H and O–H groups in total. The lowest BCUT2D eigenvalue weighted by atomic mass is 10.1. The van der Waals surface area contributed by atoms with Crippen molar-refractivity contribution < 1.29 is 23.8 Å². The van der Waals surface area contributed by atoms with Crippen LogP contribution in [0.3, 0.4) is 0 Å². The Morgan fingerprint density at radius 2 is 1.79 bits per heavy atom. The first-order valence-corrected chi connectivity index (χ1v) is 8.85. The Bertz CT molecular complexity index is 1030. The molecule has 2 aromatic carbocycles. The SMILES string of the molecule is COc1ccc2cc(C(=O)OCCOc3ccccc3C(C)=O)c(C)nc2c1.